The van der Waals surface area contributed by atoms with Crippen LogP contribution in [0.5, 0.6) is 5.75 Å². The molecule has 0 aliphatic heterocycles. The van der Waals surface area contributed by atoms with Crippen molar-refractivity contribution < 1.29 is 4.74 Å². The highest BCUT2D eigenvalue weighted by molar-refractivity contribution is 7.99. The lowest BCUT2D eigenvalue weighted by Crippen LogP contribution is -2.23. The summed E-state index contributed by atoms with van der Waals surface area (Å²) >= 11 is 2.09. The Bertz CT molecular complexity index is 367. The quantitative estimate of drug-likeness (QED) is 0.835. The minimum atomic E-state index is 0.308. The van der Waals surface area contributed by atoms with E-state index in [1.807, 2.05) is 17.9 Å². The number of ether oxygens (including phenoxy) is 1. The molecule has 5 heteroatoms. The van der Waals surface area contributed by atoms with Crippen molar-refractivity contribution in [2.24, 2.45) is 0 Å². The second kappa shape index (κ2) is 7.20. The Balaban J connectivity index is 2.04. The van der Waals surface area contributed by atoms with E-state index >= 15 is 0 Å². The largest absolute Gasteiger partial charge is 0.493 e. The van der Waals surface area contributed by atoms with E-state index in [0.717, 1.165) is 23.3 Å². The Morgan fingerprint density at radius 2 is 2.26 bits per heavy atom. The summed E-state index contributed by atoms with van der Waals surface area (Å²) in [5.74, 6) is 1.98. The monoisotopic (exact) mass is 283 g/mol. The molecule has 0 bridgehead atoms. The van der Waals surface area contributed by atoms with Gasteiger partial charge in [0.1, 0.15) is 0 Å². The predicted octanol–water partition coefficient (Wildman–Crippen LogP) is 2.85. The number of nitrogens with zero attached hydrogens (tertiary/aromatic N) is 2. The number of nitrogens with one attached hydrogen (secondary N) is 1. The molecule has 1 aliphatic carbocycles. The second-order valence-electron chi connectivity index (χ2n) is 5.00. The number of aromatic nitrogens is 2. The zero-order chi connectivity index (χ0) is 13.7. The lowest BCUT2D eigenvalue weighted by atomic mass is 10.2. The zero-order valence-corrected chi connectivity index (χ0v) is 13.0. The fourth-order valence-electron chi connectivity index (χ4n) is 2.72. The molecule has 0 spiro atoms. The van der Waals surface area contributed by atoms with Gasteiger partial charge in [-0.1, -0.05) is 12.8 Å². The number of thioether (sulfide) groups is 1. The van der Waals surface area contributed by atoms with Gasteiger partial charge in [-0.25, -0.2) is 0 Å². The van der Waals surface area contributed by atoms with Crippen LogP contribution in [0.2, 0.25) is 0 Å². The van der Waals surface area contributed by atoms with Crippen molar-refractivity contribution in [2.45, 2.75) is 50.4 Å². The van der Waals surface area contributed by atoms with Crippen molar-refractivity contribution in [1.29, 1.82) is 0 Å². The third kappa shape index (κ3) is 3.45. The van der Waals surface area contributed by atoms with E-state index in [1.165, 1.54) is 31.4 Å². The number of aryl methyl sites for hydroxylation is 1. The summed E-state index contributed by atoms with van der Waals surface area (Å²) in [6, 6.07) is 0.308. The molecule has 0 saturated heterocycles. The van der Waals surface area contributed by atoms with Crippen molar-refractivity contribution in [3.8, 4) is 5.75 Å². The molecule has 19 heavy (non-hydrogen) atoms. The molecule has 1 N–H and O–H groups in total. The van der Waals surface area contributed by atoms with Gasteiger partial charge >= 0.3 is 0 Å². The molecule has 1 heterocycles. The van der Waals surface area contributed by atoms with Gasteiger partial charge in [0.25, 0.3) is 0 Å². The molecule has 108 valence electrons. The second-order valence-corrected chi connectivity index (χ2v) is 6.33. The average Bonchev–Trinajstić information content (AvgIpc) is 3.08. The first-order valence-electron chi connectivity index (χ1n) is 7.18. The first kappa shape index (κ1) is 14.7. The Labute approximate surface area is 120 Å². The molecule has 1 saturated carbocycles. The molecule has 2 rings (SSSR count). The number of rotatable bonds is 7. The maximum absolute atomic E-state index is 5.45. The summed E-state index contributed by atoms with van der Waals surface area (Å²) in [7, 11) is 3.74. The molecule has 1 aromatic heterocycles. The molecule has 0 aromatic carbocycles. The first-order valence-corrected chi connectivity index (χ1v) is 8.23. The standard InChI is InChI=1S/C14H25N3OS/c1-4-17-14(13(18-3)9-16-17)12(15-2)10-19-11-7-5-6-8-11/h9,11-12,15H,4-8,10H2,1-3H3. The minimum Gasteiger partial charge on any atom is -0.493 e. The van der Waals surface area contributed by atoms with E-state index in [4.69, 9.17) is 4.74 Å². The maximum atomic E-state index is 5.45. The van der Waals surface area contributed by atoms with Gasteiger partial charge in [0.2, 0.25) is 0 Å². The Kier molecular flexibility index (Phi) is 5.58. The zero-order valence-electron chi connectivity index (χ0n) is 12.2. The Morgan fingerprint density at radius 3 is 2.84 bits per heavy atom. The number of hydrogen-bond acceptors (Lipinski definition) is 4. The molecular formula is C14H25N3OS. The molecule has 1 unspecified atom stereocenters. The molecule has 1 atom stereocenters. The van der Waals surface area contributed by atoms with Crippen molar-refractivity contribution in [3.63, 3.8) is 0 Å². The molecule has 0 radical (unpaired) electrons. The summed E-state index contributed by atoms with van der Waals surface area (Å²) in [4.78, 5) is 0. The highest BCUT2D eigenvalue weighted by Crippen LogP contribution is 2.34. The topological polar surface area (TPSA) is 39.1 Å². The highest BCUT2D eigenvalue weighted by atomic mass is 32.2. The Hall–Kier alpha value is -0.680. The lowest BCUT2D eigenvalue weighted by molar-refractivity contribution is 0.399. The van der Waals surface area contributed by atoms with E-state index in [9.17, 15) is 0 Å². The smallest absolute Gasteiger partial charge is 0.161 e. The third-order valence-corrected chi connectivity index (χ3v) is 5.31. The van der Waals surface area contributed by atoms with Gasteiger partial charge in [-0.2, -0.15) is 16.9 Å². The van der Waals surface area contributed by atoms with Gasteiger partial charge < -0.3 is 10.1 Å². The summed E-state index contributed by atoms with van der Waals surface area (Å²) in [5, 5.41) is 8.66. The first-order chi connectivity index (χ1) is 9.30. The normalized spacial score (nSPS) is 17.8. The van der Waals surface area contributed by atoms with Crippen LogP contribution >= 0.6 is 11.8 Å². The van der Waals surface area contributed by atoms with Crippen LogP contribution in [0.4, 0.5) is 0 Å². The van der Waals surface area contributed by atoms with Crippen LogP contribution in [0, 0.1) is 0 Å². The van der Waals surface area contributed by atoms with Gasteiger partial charge in [-0.15, -0.1) is 0 Å². The van der Waals surface area contributed by atoms with E-state index in [2.05, 4.69) is 29.1 Å². The molecule has 0 amide bonds. The fraction of sp³-hybridized carbons (Fsp3) is 0.786. The Morgan fingerprint density at radius 1 is 1.53 bits per heavy atom. The van der Waals surface area contributed by atoms with Gasteiger partial charge in [0.15, 0.2) is 5.75 Å². The summed E-state index contributed by atoms with van der Waals surface area (Å²) in [6.07, 6.45) is 7.39. The highest BCUT2D eigenvalue weighted by Gasteiger charge is 2.23. The molecule has 4 nitrogen and oxygen atoms in total. The summed E-state index contributed by atoms with van der Waals surface area (Å²) in [5.41, 5.74) is 1.18. The van der Waals surface area contributed by atoms with Crippen molar-refractivity contribution in [2.75, 3.05) is 19.9 Å². The minimum absolute atomic E-state index is 0.308. The van der Waals surface area contributed by atoms with Crippen LogP contribution in [-0.4, -0.2) is 34.9 Å². The van der Waals surface area contributed by atoms with Crippen LogP contribution in [0.15, 0.2) is 6.20 Å². The molecular weight excluding hydrogens is 258 g/mol. The van der Waals surface area contributed by atoms with E-state index in [-0.39, 0.29) is 0 Å². The molecule has 1 aromatic rings. The van der Waals surface area contributed by atoms with Crippen LogP contribution < -0.4 is 10.1 Å². The van der Waals surface area contributed by atoms with Gasteiger partial charge in [-0.05, 0) is 26.8 Å². The maximum Gasteiger partial charge on any atom is 0.161 e. The molecule has 1 fully saturated rings. The van der Waals surface area contributed by atoms with E-state index in [1.54, 1.807) is 7.11 Å². The lowest BCUT2D eigenvalue weighted by Gasteiger charge is -2.20. The van der Waals surface area contributed by atoms with Crippen LogP contribution in [-0.2, 0) is 6.54 Å². The van der Waals surface area contributed by atoms with Crippen LogP contribution in [0.1, 0.15) is 44.3 Å². The summed E-state index contributed by atoms with van der Waals surface area (Å²) in [6.45, 7) is 3.00. The fourth-order valence-corrected chi connectivity index (χ4v) is 4.18. The van der Waals surface area contributed by atoms with Gasteiger partial charge in [0.05, 0.1) is 25.0 Å². The SMILES string of the molecule is CCn1ncc(OC)c1C(CSC1CCCC1)NC. The predicted molar refractivity (Wildman–Crippen MR) is 81.0 cm³/mol. The average molecular weight is 283 g/mol. The van der Waals surface area contributed by atoms with Crippen LogP contribution in [0.25, 0.3) is 0 Å². The molecule has 1 aliphatic rings. The summed E-state index contributed by atoms with van der Waals surface area (Å²) < 4.78 is 7.49. The van der Waals surface area contributed by atoms with Gasteiger partial charge in [-0.3, -0.25) is 4.68 Å². The van der Waals surface area contributed by atoms with Gasteiger partial charge in [0, 0.05) is 17.5 Å². The number of methoxy groups -OCH3 is 1. The van der Waals surface area contributed by atoms with Crippen molar-refractivity contribution in [1.82, 2.24) is 15.1 Å². The van der Waals surface area contributed by atoms with Crippen LogP contribution in [0.3, 0.4) is 0 Å². The van der Waals surface area contributed by atoms with Crippen molar-refractivity contribution in [3.05, 3.63) is 11.9 Å². The van der Waals surface area contributed by atoms with E-state index < -0.39 is 0 Å². The van der Waals surface area contributed by atoms with E-state index in [0.29, 0.717) is 6.04 Å². The number of hydrogen-bond donors (Lipinski definition) is 1. The van der Waals surface area contributed by atoms with Crippen molar-refractivity contribution >= 4 is 11.8 Å². The third-order valence-electron chi connectivity index (χ3n) is 3.84.